The Morgan fingerprint density at radius 3 is 2.48 bits per heavy atom. The Balaban J connectivity index is 1.61. The molecule has 0 aliphatic carbocycles. The molecule has 1 N–H and O–H groups in total. The number of carbonyl (C=O) groups is 1. The van der Waals surface area contributed by atoms with E-state index in [9.17, 15) is 17.6 Å². The smallest absolute Gasteiger partial charge is 0.243 e. The number of piperidine rings is 1. The van der Waals surface area contributed by atoms with E-state index in [0.717, 1.165) is 29.2 Å². The first-order chi connectivity index (χ1) is 13.6. The summed E-state index contributed by atoms with van der Waals surface area (Å²) in [4.78, 5) is 12.6. The minimum absolute atomic E-state index is 0.0498. The summed E-state index contributed by atoms with van der Waals surface area (Å²) in [5.74, 6) is 0.525. The Morgan fingerprint density at radius 2 is 1.93 bits per heavy atom. The lowest BCUT2D eigenvalue weighted by molar-refractivity contribution is -0.126. The van der Waals surface area contributed by atoms with Crippen molar-refractivity contribution >= 4 is 27.5 Å². The van der Waals surface area contributed by atoms with E-state index in [0.29, 0.717) is 12.8 Å². The van der Waals surface area contributed by atoms with Gasteiger partial charge in [-0.3, -0.25) is 4.79 Å². The lowest BCUT2D eigenvalue weighted by atomic mass is 9.96. The first-order valence-corrected chi connectivity index (χ1v) is 11.2. The van der Waals surface area contributed by atoms with Gasteiger partial charge in [-0.05, 0) is 57.9 Å². The van der Waals surface area contributed by atoms with Crippen molar-refractivity contribution in [1.82, 2.24) is 9.62 Å². The van der Waals surface area contributed by atoms with Gasteiger partial charge in [-0.2, -0.15) is 4.31 Å². The summed E-state index contributed by atoms with van der Waals surface area (Å²) in [5, 5.41) is 2.76. The van der Waals surface area contributed by atoms with Crippen molar-refractivity contribution in [2.45, 2.75) is 44.6 Å². The van der Waals surface area contributed by atoms with E-state index < -0.39 is 15.8 Å². The monoisotopic (exact) mass is 442 g/mol. The van der Waals surface area contributed by atoms with Gasteiger partial charge in [0.05, 0.1) is 16.0 Å². The van der Waals surface area contributed by atoms with E-state index in [1.165, 1.54) is 10.4 Å². The lowest BCUT2D eigenvalue weighted by Crippen LogP contribution is -2.43. The van der Waals surface area contributed by atoms with E-state index in [4.69, 9.17) is 16.0 Å². The minimum Gasteiger partial charge on any atom is -0.466 e. The minimum atomic E-state index is -3.78. The molecule has 3 rings (SSSR count). The number of benzene rings is 1. The number of nitrogens with zero attached hydrogens (tertiary/aromatic N) is 1. The fourth-order valence-corrected chi connectivity index (χ4v) is 5.38. The van der Waals surface area contributed by atoms with E-state index in [-0.39, 0.29) is 40.9 Å². The predicted octanol–water partition coefficient (Wildman–Crippen LogP) is 3.97. The summed E-state index contributed by atoms with van der Waals surface area (Å²) < 4.78 is 45.7. The highest BCUT2D eigenvalue weighted by Gasteiger charge is 2.33. The third-order valence-electron chi connectivity index (χ3n) is 5.26. The summed E-state index contributed by atoms with van der Waals surface area (Å²) in [6.45, 7) is 6.04. The molecule has 6 nitrogen and oxygen atoms in total. The standard InChI is InChI=1S/C20H24ClFN2O4S/c1-12-10-17(14(3)28-12)13(2)23-20(25)15-6-8-24(9-7-15)29(26,27)16-4-5-19(22)18(21)11-16/h4-5,10-11,13,15H,6-9H2,1-3H3,(H,23,25). The molecule has 1 fully saturated rings. The number of furan rings is 1. The highest BCUT2D eigenvalue weighted by Crippen LogP contribution is 2.27. The van der Waals surface area contributed by atoms with Gasteiger partial charge in [0.1, 0.15) is 17.3 Å². The van der Waals surface area contributed by atoms with E-state index >= 15 is 0 Å². The molecule has 1 aliphatic heterocycles. The number of amides is 1. The van der Waals surface area contributed by atoms with Crippen LogP contribution in [0.25, 0.3) is 0 Å². The van der Waals surface area contributed by atoms with Crippen molar-refractivity contribution in [3.63, 3.8) is 0 Å². The van der Waals surface area contributed by atoms with Gasteiger partial charge in [0.25, 0.3) is 0 Å². The van der Waals surface area contributed by atoms with Gasteiger partial charge in [-0.1, -0.05) is 11.6 Å². The second kappa shape index (κ2) is 8.45. The molecule has 1 aromatic carbocycles. The number of halogens is 2. The van der Waals surface area contributed by atoms with Crippen LogP contribution in [0.1, 0.15) is 42.9 Å². The SMILES string of the molecule is Cc1cc(C(C)NC(=O)C2CCN(S(=O)(=O)c3ccc(F)c(Cl)c3)CC2)c(C)o1. The van der Waals surface area contributed by atoms with Gasteiger partial charge < -0.3 is 9.73 Å². The zero-order valence-electron chi connectivity index (χ0n) is 16.5. The van der Waals surface area contributed by atoms with Gasteiger partial charge in [0.2, 0.25) is 15.9 Å². The average molecular weight is 443 g/mol. The van der Waals surface area contributed by atoms with Crippen LogP contribution >= 0.6 is 11.6 Å². The molecule has 0 radical (unpaired) electrons. The zero-order chi connectivity index (χ0) is 21.3. The molecule has 1 saturated heterocycles. The van der Waals surface area contributed by atoms with Gasteiger partial charge in [0, 0.05) is 24.6 Å². The second-order valence-corrected chi connectivity index (χ2v) is 9.70. The number of hydrogen-bond donors (Lipinski definition) is 1. The van der Waals surface area contributed by atoms with E-state index in [1.54, 1.807) is 0 Å². The molecule has 2 heterocycles. The topological polar surface area (TPSA) is 79.6 Å². The molecular formula is C20H24ClFN2O4S. The molecule has 1 aliphatic rings. The summed E-state index contributed by atoms with van der Waals surface area (Å²) in [7, 11) is -3.78. The summed E-state index contributed by atoms with van der Waals surface area (Å²) in [6, 6.07) is 5.07. The van der Waals surface area contributed by atoms with Gasteiger partial charge >= 0.3 is 0 Å². The molecule has 158 valence electrons. The molecule has 0 saturated carbocycles. The van der Waals surface area contributed by atoms with Crippen LogP contribution in [0.3, 0.4) is 0 Å². The molecule has 9 heteroatoms. The molecule has 0 bridgehead atoms. The fourth-order valence-electron chi connectivity index (χ4n) is 3.63. The second-order valence-electron chi connectivity index (χ2n) is 7.35. The molecule has 29 heavy (non-hydrogen) atoms. The summed E-state index contributed by atoms with van der Waals surface area (Å²) in [5.41, 5.74) is 0.934. The molecule has 1 atom stereocenters. The van der Waals surface area contributed by atoms with Crippen LogP contribution in [-0.4, -0.2) is 31.7 Å². The average Bonchev–Trinajstić information content (AvgIpc) is 3.02. The van der Waals surface area contributed by atoms with Crippen molar-refractivity contribution in [1.29, 1.82) is 0 Å². The summed E-state index contributed by atoms with van der Waals surface area (Å²) in [6.07, 6.45) is 0.826. The normalized spacial score (nSPS) is 17.3. The van der Waals surface area contributed by atoms with Gasteiger partial charge in [0.15, 0.2) is 0 Å². The molecule has 1 aromatic heterocycles. The van der Waals surface area contributed by atoms with E-state index in [2.05, 4.69) is 5.32 Å². The van der Waals surface area contributed by atoms with Crippen LogP contribution in [0.5, 0.6) is 0 Å². The Labute approximate surface area is 175 Å². The largest absolute Gasteiger partial charge is 0.466 e. The molecule has 1 amide bonds. The van der Waals surface area contributed by atoms with Crippen LogP contribution in [-0.2, 0) is 14.8 Å². The lowest BCUT2D eigenvalue weighted by Gasteiger charge is -2.31. The number of rotatable bonds is 5. The highest BCUT2D eigenvalue weighted by atomic mass is 35.5. The molecular weight excluding hydrogens is 419 g/mol. The van der Waals surface area contributed by atoms with Crippen molar-refractivity contribution in [2.75, 3.05) is 13.1 Å². The first-order valence-electron chi connectivity index (χ1n) is 9.42. The van der Waals surface area contributed by atoms with Crippen molar-refractivity contribution in [3.8, 4) is 0 Å². The third kappa shape index (κ3) is 4.65. The predicted molar refractivity (Wildman–Crippen MR) is 108 cm³/mol. The van der Waals surface area contributed by atoms with Crippen LogP contribution in [0.15, 0.2) is 33.6 Å². The first kappa shape index (κ1) is 21.8. The van der Waals surface area contributed by atoms with Crippen LogP contribution in [0.2, 0.25) is 5.02 Å². The Bertz CT molecular complexity index is 1010. The zero-order valence-corrected chi connectivity index (χ0v) is 18.1. The quantitative estimate of drug-likeness (QED) is 0.759. The maximum atomic E-state index is 13.3. The van der Waals surface area contributed by atoms with Crippen LogP contribution < -0.4 is 5.32 Å². The van der Waals surface area contributed by atoms with E-state index in [1.807, 2.05) is 26.8 Å². The van der Waals surface area contributed by atoms with Crippen LogP contribution in [0, 0.1) is 25.6 Å². The fraction of sp³-hybridized carbons (Fsp3) is 0.450. The number of aryl methyl sites for hydroxylation is 2. The molecule has 2 aromatic rings. The van der Waals surface area contributed by atoms with Crippen molar-refractivity contribution in [3.05, 3.63) is 52.2 Å². The molecule has 0 spiro atoms. The van der Waals surface area contributed by atoms with Gasteiger partial charge in [-0.25, -0.2) is 12.8 Å². The Kier molecular flexibility index (Phi) is 6.36. The highest BCUT2D eigenvalue weighted by molar-refractivity contribution is 7.89. The van der Waals surface area contributed by atoms with Crippen LogP contribution in [0.4, 0.5) is 4.39 Å². The maximum absolute atomic E-state index is 13.3. The maximum Gasteiger partial charge on any atom is 0.243 e. The van der Waals surface area contributed by atoms with Crippen molar-refractivity contribution in [2.24, 2.45) is 5.92 Å². The number of carbonyl (C=O) groups excluding carboxylic acids is 1. The third-order valence-corrected chi connectivity index (χ3v) is 7.44. The number of nitrogens with one attached hydrogen (secondary N) is 1. The Morgan fingerprint density at radius 1 is 1.28 bits per heavy atom. The van der Waals surface area contributed by atoms with Gasteiger partial charge in [-0.15, -0.1) is 0 Å². The summed E-state index contributed by atoms with van der Waals surface area (Å²) >= 11 is 5.72. The Hall–Kier alpha value is -1.90. The molecule has 1 unspecified atom stereocenters. The van der Waals surface area contributed by atoms with Crippen molar-refractivity contribution < 1.29 is 22.0 Å². The number of hydrogen-bond acceptors (Lipinski definition) is 4. The number of sulfonamides is 1.